The van der Waals surface area contributed by atoms with Crippen molar-refractivity contribution in [1.82, 2.24) is 9.13 Å². The Kier molecular flexibility index (Phi) is 8.08. The molecule has 3 aromatic heterocycles. The van der Waals surface area contributed by atoms with Crippen molar-refractivity contribution in [2.75, 3.05) is 11.9 Å². The molecule has 11 heteroatoms. The fourth-order valence-electron chi connectivity index (χ4n) is 4.86. The maximum Gasteiger partial charge on any atom is 0.272 e. The van der Waals surface area contributed by atoms with E-state index in [0.717, 1.165) is 36.5 Å². The number of fused-ring (bicyclic) bond motifs is 2. The fourth-order valence-corrected chi connectivity index (χ4v) is 9.89. The van der Waals surface area contributed by atoms with Gasteiger partial charge in [0.1, 0.15) is 34.7 Å². The van der Waals surface area contributed by atoms with E-state index in [9.17, 15) is 9.59 Å². The van der Waals surface area contributed by atoms with Crippen LogP contribution >= 0.6 is 45.8 Å². The first kappa shape index (κ1) is 28.1. The van der Waals surface area contributed by atoms with Crippen molar-refractivity contribution in [1.29, 1.82) is 0 Å². The van der Waals surface area contributed by atoms with Gasteiger partial charge in [0.25, 0.3) is 16.1 Å². The molecule has 202 valence electrons. The molecule has 0 unspecified atom stereocenters. The smallest absolute Gasteiger partial charge is 0.272 e. The van der Waals surface area contributed by atoms with Crippen LogP contribution < -0.4 is 46.8 Å². The Morgan fingerprint density at radius 2 is 1.54 bits per heavy atom. The van der Waals surface area contributed by atoms with Gasteiger partial charge in [-0.1, -0.05) is 47.4 Å². The van der Waals surface area contributed by atoms with Crippen LogP contribution in [0.5, 0.6) is 0 Å². The van der Waals surface area contributed by atoms with Crippen LogP contribution in [0.3, 0.4) is 0 Å². The van der Waals surface area contributed by atoms with Crippen LogP contribution in [0.4, 0.5) is 5.69 Å². The molecule has 6 nitrogen and oxygen atoms in total. The lowest BCUT2D eigenvalue weighted by Crippen LogP contribution is -3.00. The van der Waals surface area contributed by atoms with Gasteiger partial charge in [-0.25, -0.2) is 0 Å². The highest BCUT2D eigenvalue weighted by Crippen LogP contribution is 2.45. The van der Waals surface area contributed by atoms with Crippen LogP contribution in [0.15, 0.2) is 63.0 Å². The standard InChI is InChI=1S/C28H27N4O2S4.BrH/c1-5-30-18-13-9-11-15-20(18)35-21(30)16-22-31(6-2)25(33)24(37-22)28-32(7-3)26(34)23(38-28)27-29(4)17-12-8-10-14-19(17)36-27;/h8-16H,5-7H2,1-4H3;1H/q+1;/p-1/b27-23+,28-24+;. The third kappa shape index (κ3) is 4.58. The summed E-state index contributed by atoms with van der Waals surface area (Å²) in [5, 5.41) is 2.03. The van der Waals surface area contributed by atoms with E-state index in [1.807, 2.05) is 37.6 Å². The molecule has 0 aliphatic carbocycles. The van der Waals surface area contributed by atoms with E-state index in [-0.39, 0.29) is 28.1 Å². The molecule has 0 fully saturated rings. The van der Waals surface area contributed by atoms with Crippen LogP contribution in [-0.4, -0.2) is 16.2 Å². The molecule has 6 rings (SSSR count). The Bertz CT molecular complexity index is 2050. The number of anilines is 1. The number of aryl methyl sites for hydroxylation is 1. The molecule has 1 aliphatic rings. The van der Waals surface area contributed by atoms with E-state index in [4.69, 9.17) is 0 Å². The summed E-state index contributed by atoms with van der Waals surface area (Å²) in [6.07, 6.45) is 2.13. The van der Waals surface area contributed by atoms with Crippen molar-refractivity contribution in [3.8, 4) is 0 Å². The van der Waals surface area contributed by atoms with Crippen LogP contribution in [0, 0.1) is 9.20 Å². The van der Waals surface area contributed by atoms with Crippen molar-refractivity contribution in [2.45, 2.75) is 45.3 Å². The molecule has 0 saturated heterocycles. The second-order valence-electron chi connectivity index (χ2n) is 8.84. The molecule has 0 saturated carbocycles. The Balaban J connectivity index is 0.00000308. The van der Waals surface area contributed by atoms with Crippen molar-refractivity contribution >= 4 is 72.8 Å². The molecular formula is C28H27BrN4O2S4. The third-order valence-electron chi connectivity index (χ3n) is 6.75. The second kappa shape index (κ2) is 11.2. The zero-order chi connectivity index (χ0) is 26.6. The third-order valence-corrected chi connectivity index (χ3v) is 11.7. The van der Waals surface area contributed by atoms with Gasteiger partial charge in [0.2, 0.25) is 5.52 Å². The van der Waals surface area contributed by atoms with E-state index in [2.05, 4.69) is 58.9 Å². The van der Waals surface area contributed by atoms with Crippen molar-refractivity contribution in [3.63, 3.8) is 0 Å². The molecule has 0 N–H and O–H groups in total. The largest absolute Gasteiger partial charge is 1.00 e. The molecule has 0 bridgehead atoms. The van der Waals surface area contributed by atoms with Gasteiger partial charge in [-0.15, -0.1) is 22.7 Å². The van der Waals surface area contributed by atoms with Gasteiger partial charge < -0.3 is 21.9 Å². The number of rotatable bonds is 4. The monoisotopic (exact) mass is 658 g/mol. The number of thiazole rings is 3. The lowest BCUT2D eigenvalue weighted by atomic mass is 10.3. The van der Waals surface area contributed by atoms with Gasteiger partial charge in [0.15, 0.2) is 0 Å². The summed E-state index contributed by atoms with van der Waals surface area (Å²) in [6.45, 7) is 8.03. The topological polar surface area (TPSA) is 51.1 Å². The fraction of sp³-hybridized carbons (Fsp3) is 0.250. The second-order valence-corrected chi connectivity index (χ2v) is 13.0. The van der Waals surface area contributed by atoms with Gasteiger partial charge in [-0.05, 0) is 39.0 Å². The predicted molar refractivity (Wildman–Crippen MR) is 161 cm³/mol. The van der Waals surface area contributed by atoms with Crippen LogP contribution in [0.2, 0.25) is 0 Å². The lowest BCUT2D eigenvalue weighted by Gasteiger charge is -2.11. The zero-order valence-electron chi connectivity index (χ0n) is 21.9. The average molecular weight is 660 g/mol. The van der Waals surface area contributed by atoms with Gasteiger partial charge >= 0.3 is 0 Å². The summed E-state index contributed by atoms with van der Waals surface area (Å²) >= 11 is 6.26. The molecule has 1 aliphatic heterocycles. The first-order chi connectivity index (χ1) is 18.5. The summed E-state index contributed by atoms with van der Waals surface area (Å²) in [6, 6.07) is 16.6. The molecule has 4 heterocycles. The van der Waals surface area contributed by atoms with E-state index in [0.29, 0.717) is 22.2 Å². The van der Waals surface area contributed by atoms with Gasteiger partial charge in [-0.2, -0.15) is 4.57 Å². The highest BCUT2D eigenvalue weighted by molar-refractivity contribution is 8.08. The first-order valence-electron chi connectivity index (χ1n) is 12.6. The first-order valence-corrected chi connectivity index (χ1v) is 15.8. The van der Waals surface area contributed by atoms with Crippen LogP contribution in [-0.2, 0) is 19.6 Å². The molecular weight excluding hydrogens is 633 g/mol. The molecule has 0 amide bonds. The molecule has 0 atom stereocenters. The van der Waals surface area contributed by atoms with E-state index >= 15 is 0 Å². The normalized spacial score (nSPS) is 15.7. The number of thioether (sulfide) groups is 1. The highest BCUT2D eigenvalue weighted by atomic mass is 79.9. The van der Waals surface area contributed by atoms with Crippen molar-refractivity contribution in [3.05, 3.63) is 92.6 Å². The molecule has 2 aromatic carbocycles. The maximum atomic E-state index is 13.7. The van der Waals surface area contributed by atoms with E-state index in [1.54, 1.807) is 27.7 Å². The number of benzene rings is 2. The minimum absolute atomic E-state index is 0. The summed E-state index contributed by atoms with van der Waals surface area (Å²) in [5.41, 5.74) is 2.22. The minimum Gasteiger partial charge on any atom is -1.00 e. The zero-order valence-corrected chi connectivity index (χ0v) is 26.8. The molecule has 0 radical (unpaired) electrons. The van der Waals surface area contributed by atoms with Crippen molar-refractivity contribution in [2.24, 2.45) is 0 Å². The Labute approximate surface area is 251 Å². The number of aromatic nitrogens is 3. The predicted octanol–water partition coefficient (Wildman–Crippen LogP) is 1.12. The van der Waals surface area contributed by atoms with Gasteiger partial charge in [-0.3, -0.25) is 18.7 Å². The Morgan fingerprint density at radius 3 is 2.26 bits per heavy atom. The Morgan fingerprint density at radius 1 is 0.846 bits per heavy atom. The number of hydrogen-bond donors (Lipinski definition) is 0. The molecule has 5 aromatic rings. The van der Waals surface area contributed by atoms with E-state index in [1.165, 1.54) is 32.9 Å². The van der Waals surface area contributed by atoms with Gasteiger partial charge in [0.05, 0.1) is 11.8 Å². The number of halogens is 1. The summed E-state index contributed by atoms with van der Waals surface area (Å²) in [7, 11) is 2.00. The minimum atomic E-state index is -0.0383. The van der Waals surface area contributed by atoms with Gasteiger partial charge in [0, 0.05) is 31.1 Å². The highest BCUT2D eigenvalue weighted by Gasteiger charge is 2.24. The average Bonchev–Trinajstić information content (AvgIpc) is 3.64. The quantitative estimate of drug-likeness (QED) is 0.272. The summed E-state index contributed by atoms with van der Waals surface area (Å²) < 4.78 is 10.0. The van der Waals surface area contributed by atoms with E-state index < -0.39 is 0 Å². The molecule has 0 spiro atoms. The lowest BCUT2D eigenvalue weighted by molar-refractivity contribution is -0.665. The Hall–Kier alpha value is -2.44. The van der Waals surface area contributed by atoms with Crippen molar-refractivity contribution < 1.29 is 21.5 Å². The maximum absolute atomic E-state index is 13.7. The van der Waals surface area contributed by atoms with Crippen LogP contribution in [0.1, 0.15) is 25.8 Å². The summed E-state index contributed by atoms with van der Waals surface area (Å²) in [5.74, 6) is 0. The number of nitrogens with zero attached hydrogens (tertiary/aromatic N) is 4. The number of para-hydroxylation sites is 2. The SMILES string of the molecule is CCn1c(=O)/c(=c2\s/c(=C3/Sc4ccccc4N3C)c(=O)n2CC)s/c1=C\c1sc2ccccc2[n+]1CC.[Br-]. The van der Waals surface area contributed by atoms with Crippen LogP contribution in [0.25, 0.3) is 21.3 Å². The number of hydrogen-bond acceptors (Lipinski definition) is 7. The summed E-state index contributed by atoms with van der Waals surface area (Å²) in [4.78, 5) is 30.6. The molecule has 39 heavy (non-hydrogen) atoms.